The van der Waals surface area contributed by atoms with Gasteiger partial charge in [-0.2, -0.15) is 22.0 Å². The Labute approximate surface area is 162 Å². The molecule has 1 aliphatic carbocycles. The normalized spacial score (nSPS) is 17.5. The number of halogens is 7. The standard InChI is InChI=1S/C21H15F7O/c1-12-2-4-14(5-3-12)21(27,28)29-15-6-7-16-13(10-15)11-18(22)17(19(16)23)8-9-20(24,25)26/h4,6-7,10-12H,2-3,5H2,1H3. The van der Waals surface area contributed by atoms with Gasteiger partial charge in [-0.25, -0.2) is 8.78 Å². The van der Waals surface area contributed by atoms with Crippen molar-refractivity contribution in [2.75, 3.05) is 0 Å². The molecule has 0 aliphatic heterocycles. The van der Waals surface area contributed by atoms with Crippen molar-refractivity contribution in [2.45, 2.75) is 38.5 Å². The largest absolute Gasteiger partial charge is 0.458 e. The van der Waals surface area contributed by atoms with E-state index in [4.69, 9.17) is 4.74 Å². The second-order valence-electron chi connectivity index (χ2n) is 6.91. The highest BCUT2D eigenvalue weighted by Gasteiger charge is 2.38. The number of alkyl halides is 5. The molecule has 1 nitrogen and oxygen atoms in total. The van der Waals surface area contributed by atoms with Crippen molar-refractivity contribution < 1.29 is 35.5 Å². The quantitative estimate of drug-likeness (QED) is 0.306. The fraction of sp³-hybridized carbons (Fsp3) is 0.333. The Morgan fingerprint density at radius 1 is 1.07 bits per heavy atom. The van der Waals surface area contributed by atoms with Crippen LogP contribution in [0.2, 0.25) is 0 Å². The molecule has 0 saturated carbocycles. The zero-order valence-electron chi connectivity index (χ0n) is 15.1. The summed E-state index contributed by atoms with van der Waals surface area (Å²) < 4.78 is 98.6. The highest BCUT2D eigenvalue weighted by Crippen LogP contribution is 2.37. The van der Waals surface area contributed by atoms with Crippen LogP contribution in [0.1, 0.15) is 31.7 Å². The Morgan fingerprint density at radius 2 is 1.79 bits per heavy atom. The maximum absolute atomic E-state index is 14.4. The number of hydrogen-bond acceptors (Lipinski definition) is 1. The van der Waals surface area contributed by atoms with Crippen LogP contribution in [0, 0.1) is 29.4 Å². The first-order valence-electron chi connectivity index (χ1n) is 8.74. The average Bonchev–Trinajstić information content (AvgIpc) is 2.60. The first kappa shape index (κ1) is 21.0. The van der Waals surface area contributed by atoms with Crippen LogP contribution in [0.4, 0.5) is 30.7 Å². The Balaban J connectivity index is 1.94. The zero-order valence-corrected chi connectivity index (χ0v) is 15.1. The summed E-state index contributed by atoms with van der Waals surface area (Å²) in [7, 11) is 0. The lowest BCUT2D eigenvalue weighted by molar-refractivity contribution is -0.145. The van der Waals surface area contributed by atoms with Crippen molar-refractivity contribution in [3.63, 3.8) is 0 Å². The molecule has 0 amide bonds. The van der Waals surface area contributed by atoms with Crippen molar-refractivity contribution in [1.82, 2.24) is 0 Å². The predicted octanol–water partition coefficient (Wildman–Crippen LogP) is 6.75. The minimum absolute atomic E-state index is 0.142. The number of fused-ring (bicyclic) bond motifs is 1. The van der Waals surface area contributed by atoms with Crippen molar-refractivity contribution >= 4 is 10.8 Å². The fourth-order valence-corrected chi connectivity index (χ4v) is 3.06. The van der Waals surface area contributed by atoms with Crippen molar-refractivity contribution in [3.05, 3.63) is 53.1 Å². The van der Waals surface area contributed by atoms with E-state index in [1.165, 1.54) is 12.0 Å². The lowest BCUT2D eigenvalue weighted by Crippen LogP contribution is -2.29. The van der Waals surface area contributed by atoms with Gasteiger partial charge in [0, 0.05) is 16.9 Å². The minimum atomic E-state index is -4.91. The van der Waals surface area contributed by atoms with Crippen LogP contribution >= 0.6 is 0 Å². The number of rotatable bonds is 3. The Bertz CT molecular complexity index is 1030. The van der Waals surface area contributed by atoms with E-state index >= 15 is 0 Å². The van der Waals surface area contributed by atoms with Crippen LogP contribution in [0.15, 0.2) is 35.9 Å². The van der Waals surface area contributed by atoms with Crippen LogP contribution in [0.5, 0.6) is 5.75 Å². The molecule has 0 bridgehead atoms. The van der Waals surface area contributed by atoms with E-state index in [0.29, 0.717) is 18.8 Å². The molecule has 2 aromatic carbocycles. The summed E-state index contributed by atoms with van der Waals surface area (Å²) in [6.07, 6.45) is -5.79. The summed E-state index contributed by atoms with van der Waals surface area (Å²) in [5, 5.41) is -0.406. The number of benzene rings is 2. The van der Waals surface area contributed by atoms with Crippen molar-refractivity contribution in [3.8, 4) is 17.6 Å². The second kappa shape index (κ2) is 7.62. The van der Waals surface area contributed by atoms with Crippen molar-refractivity contribution in [1.29, 1.82) is 0 Å². The van der Waals surface area contributed by atoms with Gasteiger partial charge in [0.05, 0.1) is 5.56 Å². The van der Waals surface area contributed by atoms with Gasteiger partial charge in [0.2, 0.25) is 0 Å². The second-order valence-corrected chi connectivity index (χ2v) is 6.91. The molecule has 1 atom stereocenters. The molecule has 2 aromatic rings. The first-order valence-corrected chi connectivity index (χ1v) is 8.74. The molecule has 154 valence electrons. The Morgan fingerprint density at radius 3 is 2.41 bits per heavy atom. The molecule has 0 heterocycles. The van der Waals surface area contributed by atoms with Gasteiger partial charge in [-0.1, -0.05) is 18.9 Å². The maximum Gasteiger partial charge on any atom is 0.458 e. The van der Waals surface area contributed by atoms with Crippen LogP contribution in [-0.2, 0) is 0 Å². The Hall–Kier alpha value is -2.69. The Kier molecular flexibility index (Phi) is 5.52. The number of ether oxygens (including phenoxy) is 1. The van der Waals surface area contributed by atoms with Gasteiger partial charge in [0.25, 0.3) is 0 Å². The summed E-state index contributed by atoms with van der Waals surface area (Å²) in [6, 6.07) is 3.81. The van der Waals surface area contributed by atoms with Crippen LogP contribution in [-0.4, -0.2) is 12.3 Å². The summed E-state index contributed by atoms with van der Waals surface area (Å²) in [5.41, 5.74) is -1.21. The van der Waals surface area contributed by atoms with E-state index in [2.05, 4.69) is 0 Å². The molecule has 0 saturated heterocycles. The SMILES string of the molecule is CC1CC=C(C(F)(F)Oc2ccc3c(F)c(C#CC(F)(F)F)c(F)cc3c2)CC1. The molecule has 1 unspecified atom stereocenters. The highest BCUT2D eigenvalue weighted by atomic mass is 19.4. The van der Waals surface area contributed by atoms with Crippen molar-refractivity contribution in [2.24, 2.45) is 5.92 Å². The van der Waals surface area contributed by atoms with Gasteiger partial charge >= 0.3 is 12.3 Å². The van der Waals surface area contributed by atoms with Crippen LogP contribution < -0.4 is 4.74 Å². The van der Waals surface area contributed by atoms with E-state index in [1.54, 1.807) is 0 Å². The van der Waals surface area contributed by atoms with Gasteiger partial charge in [-0.05, 0) is 54.8 Å². The van der Waals surface area contributed by atoms with Gasteiger partial charge in [-0.3, -0.25) is 0 Å². The third kappa shape index (κ3) is 4.84. The minimum Gasteiger partial charge on any atom is -0.429 e. The third-order valence-corrected chi connectivity index (χ3v) is 4.62. The molecule has 0 spiro atoms. The highest BCUT2D eigenvalue weighted by molar-refractivity contribution is 5.86. The van der Waals surface area contributed by atoms with Gasteiger partial charge in [-0.15, -0.1) is 0 Å². The molecule has 3 rings (SSSR count). The molecule has 0 fully saturated rings. The number of hydrogen-bond donors (Lipinski definition) is 0. The number of allylic oxidation sites excluding steroid dienone is 1. The van der Waals surface area contributed by atoms with Gasteiger partial charge in [0.1, 0.15) is 17.4 Å². The molecular formula is C21H15F7O. The molecule has 0 N–H and O–H groups in total. The third-order valence-electron chi connectivity index (χ3n) is 4.62. The fourth-order valence-electron chi connectivity index (χ4n) is 3.06. The van der Waals surface area contributed by atoms with Crippen LogP contribution in [0.3, 0.4) is 0 Å². The van der Waals surface area contributed by atoms with E-state index in [0.717, 1.165) is 30.2 Å². The van der Waals surface area contributed by atoms with E-state index in [1.807, 2.05) is 6.92 Å². The monoisotopic (exact) mass is 416 g/mol. The lowest BCUT2D eigenvalue weighted by atomic mass is 9.90. The maximum atomic E-state index is 14.4. The summed E-state index contributed by atoms with van der Waals surface area (Å²) in [5.74, 6) is -0.427. The van der Waals surface area contributed by atoms with E-state index in [-0.39, 0.29) is 28.5 Å². The smallest absolute Gasteiger partial charge is 0.429 e. The average molecular weight is 416 g/mol. The molecule has 0 aromatic heterocycles. The van der Waals surface area contributed by atoms with E-state index < -0.39 is 29.5 Å². The molecule has 0 radical (unpaired) electrons. The summed E-state index contributed by atoms with van der Waals surface area (Å²) in [6.45, 7) is 1.95. The molecule has 8 heteroatoms. The van der Waals surface area contributed by atoms with E-state index in [9.17, 15) is 30.7 Å². The van der Waals surface area contributed by atoms with Gasteiger partial charge < -0.3 is 4.74 Å². The zero-order chi connectivity index (χ0) is 21.4. The topological polar surface area (TPSA) is 9.23 Å². The lowest BCUT2D eigenvalue weighted by Gasteiger charge is -2.25. The molecule has 29 heavy (non-hydrogen) atoms. The van der Waals surface area contributed by atoms with Gasteiger partial charge in [0.15, 0.2) is 0 Å². The molecular weight excluding hydrogens is 401 g/mol. The summed E-state index contributed by atoms with van der Waals surface area (Å²) >= 11 is 0. The molecule has 1 aliphatic rings. The summed E-state index contributed by atoms with van der Waals surface area (Å²) in [4.78, 5) is 0. The van der Waals surface area contributed by atoms with Crippen LogP contribution in [0.25, 0.3) is 10.8 Å². The predicted molar refractivity (Wildman–Crippen MR) is 93.5 cm³/mol. The first-order chi connectivity index (χ1) is 13.5.